The van der Waals surface area contributed by atoms with Crippen LogP contribution in [0.25, 0.3) is 0 Å². The highest BCUT2D eigenvalue weighted by Crippen LogP contribution is 2.35. The van der Waals surface area contributed by atoms with Crippen LogP contribution >= 0.6 is 11.3 Å². The molecule has 0 aliphatic heterocycles. The molecule has 0 radical (unpaired) electrons. The van der Waals surface area contributed by atoms with Crippen molar-refractivity contribution >= 4 is 28.2 Å². The first-order valence-corrected chi connectivity index (χ1v) is 10.7. The van der Waals surface area contributed by atoms with Crippen molar-refractivity contribution in [2.24, 2.45) is 0 Å². The molecule has 1 fully saturated rings. The fourth-order valence-electron chi connectivity index (χ4n) is 3.46. The zero-order valence-electron chi connectivity index (χ0n) is 16.1. The zero-order chi connectivity index (χ0) is 19.9. The Bertz CT molecular complexity index is 920. The van der Waals surface area contributed by atoms with Crippen LogP contribution in [-0.2, 0) is 18.0 Å². The number of nitrogens with zero attached hydrogens (tertiary/aromatic N) is 2. The summed E-state index contributed by atoms with van der Waals surface area (Å²) < 4.78 is 10.9. The second kappa shape index (κ2) is 9.67. The summed E-state index contributed by atoms with van der Waals surface area (Å²) in [6.45, 7) is 0.838. The first kappa shape index (κ1) is 19.6. The van der Waals surface area contributed by atoms with Gasteiger partial charge in [-0.05, 0) is 42.7 Å². The summed E-state index contributed by atoms with van der Waals surface area (Å²) in [4.78, 5) is 12.3. The molecule has 2 heterocycles. The number of carbonyl (C=O) groups excluding carboxylic acids is 1. The van der Waals surface area contributed by atoms with Crippen molar-refractivity contribution < 1.29 is 13.9 Å². The van der Waals surface area contributed by atoms with Gasteiger partial charge in [-0.3, -0.25) is 5.32 Å². The van der Waals surface area contributed by atoms with Crippen molar-refractivity contribution in [3.63, 3.8) is 0 Å². The Morgan fingerprint density at radius 1 is 1.10 bits per heavy atom. The minimum absolute atomic E-state index is 0.329. The van der Waals surface area contributed by atoms with Crippen molar-refractivity contribution in [2.45, 2.75) is 51.2 Å². The highest BCUT2D eigenvalue weighted by Gasteiger charge is 2.20. The molecule has 0 saturated heterocycles. The van der Waals surface area contributed by atoms with Crippen molar-refractivity contribution in [1.29, 1.82) is 0 Å². The van der Waals surface area contributed by atoms with Gasteiger partial charge in [0, 0.05) is 11.6 Å². The van der Waals surface area contributed by atoms with Crippen LogP contribution in [0.4, 0.5) is 15.6 Å². The number of ether oxygens (including phenoxy) is 1. The second-order valence-electron chi connectivity index (χ2n) is 7.13. The largest absolute Gasteiger partial charge is 0.467 e. The topological polar surface area (TPSA) is 89.3 Å². The van der Waals surface area contributed by atoms with Crippen molar-refractivity contribution in [3.8, 4) is 0 Å². The Kier molecular flexibility index (Phi) is 6.53. The van der Waals surface area contributed by atoms with Gasteiger partial charge in [-0.1, -0.05) is 42.7 Å². The third kappa shape index (κ3) is 5.65. The number of anilines is 2. The average Bonchev–Trinajstić information content (AvgIpc) is 3.41. The van der Waals surface area contributed by atoms with Crippen molar-refractivity contribution in [2.75, 3.05) is 10.6 Å². The minimum Gasteiger partial charge on any atom is -0.467 e. The lowest BCUT2D eigenvalue weighted by Crippen LogP contribution is -2.19. The lowest BCUT2D eigenvalue weighted by molar-refractivity contribution is 0.0930. The van der Waals surface area contributed by atoms with Gasteiger partial charge in [0.2, 0.25) is 5.13 Å². The van der Waals surface area contributed by atoms with Crippen LogP contribution in [0.3, 0.4) is 0 Å². The van der Waals surface area contributed by atoms with E-state index in [4.69, 9.17) is 9.15 Å². The summed E-state index contributed by atoms with van der Waals surface area (Å²) in [5, 5.41) is 15.6. The lowest BCUT2D eigenvalue weighted by Gasteiger charge is -2.18. The van der Waals surface area contributed by atoms with Gasteiger partial charge in [0.25, 0.3) is 0 Å². The molecule has 8 heteroatoms. The van der Waals surface area contributed by atoms with E-state index in [1.54, 1.807) is 6.26 Å². The molecule has 2 amide bonds. The first-order chi connectivity index (χ1) is 14.3. The number of nitrogens with one attached hydrogen (secondary N) is 2. The summed E-state index contributed by atoms with van der Waals surface area (Å²) in [7, 11) is 0. The van der Waals surface area contributed by atoms with Gasteiger partial charge in [0.15, 0.2) is 0 Å². The third-order valence-corrected chi connectivity index (χ3v) is 5.89. The van der Waals surface area contributed by atoms with Crippen LogP contribution in [0.2, 0.25) is 0 Å². The number of benzene rings is 1. The number of urea groups is 1. The average molecular weight is 413 g/mol. The monoisotopic (exact) mass is 412 g/mol. The molecule has 29 heavy (non-hydrogen) atoms. The molecule has 0 spiro atoms. The Morgan fingerprint density at radius 2 is 2.00 bits per heavy atom. The van der Waals surface area contributed by atoms with Crippen LogP contribution < -0.4 is 10.6 Å². The van der Waals surface area contributed by atoms with E-state index >= 15 is 0 Å². The normalized spacial score (nSPS) is 14.6. The Balaban J connectivity index is 1.27. The Hall–Kier alpha value is -2.71. The maximum absolute atomic E-state index is 12.3. The molecule has 1 aromatic carbocycles. The maximum Gasteiger partial charge on any atom is 0.325 e. The molecule has 0 bridgehead atoms. The van der Waals surface area contributed by atoms with Gasteiger partial charge >= 0.3 is 6.03 Å². The highest BCUT2D eigenvalue weighted by molar-refractivity contribution is 7.15. The SMILES string of the molecule is O=C(Nc1cccc(COCc2ccco2)c1)Nc1nnc(C2CCCCC2)s1. The lowest BCUT2D eigenvalue weighted by atomic mass is 9.90. The van der Waals surface area contributed by atoms with Gasteiger partial charge in [0.1, 0.15) is 17.4 Å². The Labute approximate surface area is 173 Å². The summed E-state index contributed by atoms with van der Waals surface area (Å²) in [5.41, 5.74) is 1.66. The minimum atomic E-state index is -0.329. The summed E-state index contributed by atoms with van der Waals surface area (Å²) in [6, 6.07) is 10.9. The predicted molar refractivity (Wildman–Crippen MR) is 112 cm³/mol. The van der Waals surface area contributed by atoms with E-state index in [1.807, 2.05) is 36.4 Å². The summed E-state index contributed by atoms with van der Waals surface area (Å²) in [5.74, 6) is 1.26. The molecule has 7 nitrogen and oxygen atoms in total. The molecular weight excluding hydrogens is 388 g/mol. The highest BCUT2D eigenvalue weighted by atomic mass is 32.1. The van der Waals surface area contributed by atoms with E-state index in [2.05, 4.69) is 20.8 Å². The molecule has 2 N–H and O–H groups in total. The molecule has 1 aliphatic rings. The third-order valence-electron chi connectivity index (χ3n) is 4.89. The first-order valence-electron chi connectivity index (χ1n) is 9.87. The molecule has 4 rings (SSSR count). The van der Waals surface area contributed by atoms with E-state index in [0.717, 1.165) is 29.2 Å². The number of aromatic nitrogens is 2. The molecule has 1 saturated carbocycles. The quantitative estimate of drug-likeness (QED) is 0.532. The molecule has 152 valence electrons. The maximum atomic E-state index is 12.3. The summed E-state index contributed by atoms with van der Waals surface area (Å²) >= 11 is 1.47. The standard InChI is InChI=1S/C21H24N4O3S/c26-20(23-21-25-24-19(29-21)16-7-2-1-3-8-16)22-17-9-4-6-15(12-17)13-27-14-18-10-5-11-28-18/h4-6,9-12,16H,1-3,7-8,13-14H2,(H2,22,23,25,26). The van der Waals surface area contributed by atoms with Crippen LogP contribution in [-0.4, -0.2) is 16.2 Å². The van der Waals surface area contributed by atoms with Gasteiger partial charge in [-0.25, -0.2) is 4.79 Å². The van der Waals surface area contributed by atoms with Crippen LogP contribution in [0.1, 0.15) is 54.4 Å². The van der Waals surface area contributed by atoms with Gasteiger partial charge in [-0.15, -0.1) is 10.2 Å². The fraction of sp³-hybridized carbons (Fsp3) is 0.381. The fourth-order valence-corrected chi connectivity index (χ4v) is 4.37. The molecule has 0 atom stereocenters. The van der Waals surface area contributed by atoms with Crippen LogP contribution in [0.5, 0.6) is 0 Å². The van der Waals surface area contributed by atoms with E-state index in [-0.39, 0.29) is 6.03 Å². The number of hydrogen-bond acceptors (Lipinski definition) is 6. The Morgan fingerprint density at radius 3 is 2.83 bits per heavy atom. The molecule has 1 aliphatic carbocycles. The molecule has 2 aromatic heterocycles. The van der Waals surface area contributed by atoms with Crippen LogP contribution in [0, 0.1) is 0 Å². The van der Waals surface area contributed by atoms with Crippen LogP contribution in [0.15, 0.2) is 47.1 Å². The molecular formula is C21H24N4O3S. The zero-order valence-corrected chi connectivity index (χ0v) is 16.9. The number of rotatable bonds is 7. The number of amides is 2. The molecule has 0 unspecified atom stereocenters. The smallest absolute Gasteiger partial charge is 0.325 e. The van der Waals surface area contributed by atoms with Gasteiger partial charge in [0.05, 0.1) is 12.9 Å². The number of hydrogen-bond donors (Lipinski definition) is 2. The van der Waals surface area contributed by atoms with Gasteiger partial charge in [-0.2, -0.15) is 0 Å². The summed E-state index contributed by atoms with van der Waals surface area (Å²) in [6.07, 6.45) is 7.74. The van der Waals surface area contributed by atoms with Crippen molar-refractivity contribution in [1.82, 2.24) is 10.2 Å². The number of carbonyl (C=O) groups is 1. The van der Waals surface area contributed by atoms with E-state index < -0.39 is 0 Å². The van der Waals surface area contributed by atoms with Gasteiger partial charge < -0.3 is 14.5 Å². The van der Waals surface area contributed by atoms with E-state index in [9.17, 15) is 4.79 Å². The number of furan rings is 1. The molecule has 3 aromatic rings. The van der Waals surface area contributed by atoms with Crippen molar-refractivity contribution in [3.05, 3.63) is 59.0 Å². The van der Waals surface area contributed by atoms with E-state index in [1.165, 1.54) is 30.6 Å². The second-order valence-corrected chi connectivity index (χ2v) is 8.14. The van der Waals surface area contributed by atoms with E-state index in [0.29, 0.717) is 30.0 Å². The predicted octanol–water partition coefficient (Wildman–Crippen LogP) is 5.54.